The quantitative estimate of drug-likeness (QED) is 0.165. The predicted molar refractivity (Wildman–Crippen MR) is 227 cm³/mol. The largest absolute Gasteiger partial charge is 0.481 e. The maximum Gasteiger partial charge on any atom is 0.309 e. The van der Waals surface area contributed by atoms with E-state index in [0.717, 1.165) is 108 Å². The first kappa shape index (κ1) is 42.7. The number of aliphatic hydroxyl groups excluding tert-OH is 2. The number of aliphatic hydroxyl groups is 3. The van der Waals surface area contributed by atoms with Crippen LogP contribution < -0.4 is 0 Å². The summed E-state index contributed by atoms with van der Waals surface area (Å²) in [6.45, 7) is 14.4. The SMILES string of the molecule is CCC[C@H]1CC#C[C@]23CC[C@]45[C@@H](CCC)[C@](O)(C[C@@H](O)[C@@]4(CO)[C@@]2(C)CC[C@@]2(CC1)C1C[C@](C)(C(=O)O)CC[C@@]1(C)CC[C@@]23C)O[C@@H]5Cc1ccc(CCOC)cc1. The number of benzene rings is 1. The van der Waals surface area contributed by atoms with Crippen LogP contribution in [-0.4, -0.2) is 64.7 Å². The number of hydrogen-bond donors (Lipinski definition) is 4. The zero-order valence-corrected chi connectivity index (χ0v) is 37.1. The van der Waals surface area contributed by atoms with Crippen LogP contribution in [-0.2, 0) is 27.1 Å². The summed E-state index contributed by atoms with van der Waals surface area (Å²) in [5, 5.41) is 49.1. The van der Waals surface area contributed by atoms with Gasteiger partial charge in [-0.1, -0.05) is 77.6 Å². The molecule has 7 nitrogen and oxygen atoms in total. The van der Waals surface area contributed by atoms with Crippen molar-refractivity contribution >= 4 is 5.97 Å². The fourth-order valence-corrected chi connectivity index (χ4v) is 17.2. The smallest absolute Gasteiger partial charge is 0.309 e. The van der Waals surface area contributed by atoms with Gasteiger partial charge in [-0.15, -0.1) is 5.92 Å². The Labute approximate surface area is 349 Å². The van der Waals surface area contributed by atoms with Crippen LogP contribution in [0, 0.1) is 72.9 Å². The average molecular weight is 801 g/mol. The summed E-state index contributed by atoms with van der Waals surface area (Å²) in [5.41, 5.74) is -1.53. The molecular formula is C51H76O7. The first-order chi connectivity index (χ1) is 27.5. The van der Waals surface area contributed by atoms with Crippen molar-refractivity contribution in [3.8, 4) is 11.8 Å². The third-order valence-corrected chi connectivity index (χ3v) is 20.3. The highest BCUT2D eigenvalue weighted by molar-refractivity contribution is 5.74. The van der Waals surface area contributed by atoms with Crippen LogP contribution in [0.25, 0.3) is 0 Å². The van der Waals surface area contributed by atoms with Gasteiger partial charge in [-0.25, -0.2) is 0 Å². The maximum absolute atomic E-state index is 13.1. The van der Waals surface area contributed by atoms with E-state index in [1.807, 2.05) is 6.92 Å². The van der Waals surface area contributed by atoms with Crippen LogP contribution in [0.3, 0.4) is 0 Å². The molecule has 1 unspecified atom stereocenters. The Bertz CT molecular complexity index is 1780. The molecular weight excluding hydrogens is 725 g/mol. The second-order valence-electron chi connectivity index (χ2n) is 22.1. The molecule has 1 aromatic carbocycles. The van der Waals surface area contributed by atoms with Gasteiger partial charge in [0.05, 0.1) is 30.8 Å². The van der Waals surface area contributed by atoms with Crippen LogP contribution in [0.15, 0.2) is 24.3 Å². The van der Waals surface area contributed by atoms with E-state index in [9.17, 15) is 25.2 Å². The lowest BCUT2D eigenvalue weighted by Gasteiger charge is -2.81. The molecule has 7 aliphatic rings. The molecule has 8 rings (SSSR count). The first-order valence-corrected chi connectivity index (χ1v) is 23.5. The van der Waals surface area contributed by atoms with Crippen LogP contribution in [0.2, 0.25) is 0 Å². The van der Waals surface area contributed by atoms with Gasteiger partial charge >= 0.3 is 5.97 Å². The number of carbonyl (C=O) groups is 1. The number of carboxylic acid groups (broad SMARTS) is 1. The van der Waals surface area contributed by atoms with Gasteiger partial charge in [0.1, 0.15) is 0 Å². The van der Waals surface area contributed by atoms with Crippen molar-refractivity contribution in [1.29, 1.82) is 0 Å². The zero-order chi connectivity index (χ0) is 41.6. The van der Waals surface area contributed by atoms with Crippen molar-refractivity contribution in [2.75, 3.05) is 20.3 Å². The molecule has 0 amide bonds. The molecule has 58 heavy (non-hydrogen) atoms. The van der Waals surface area contributed by atoms with Crippen LogP contribution >= 0.6 is 0 Å². The highest BCUT2D eigenvalue weighted by Crippen LogP contribution is 2.88. The van der Waals surface area contributed by atoms with Gasteiger partial charge in [-0.05, 0) is 148 Å². The fraction of sp³-hybridized carbons (Fsp3) is 0.824. The zero-order valence-electron chi connectivity index (χ0n) is 37.1. The van der Waals surface area contributed by atoms with Gasteiger partial charge < -0.3 is 29.9 Å². The molecule has 6 aliphatic carbocycles. The summed E-state index contributed by atoms with van der Waals surface area (Å²) in [5.74, 6) is 6.53. The maximum atomic E-state index is 13.1. The molecule has 0 aromatic heterocycles. The van der Waals surface area contributed by atoms with Crippen molar-refractivity contribution in [2.45, 2.75) is 182 Å². The van der Waals surface area contributed by atoms with Gasteiger partial charge in [0.15, 0.2) is 5.79 Å². The molecule has 5 saturated carbocycles. The number of aliphatic carboxylic acids is 1. The summed E-state index contributed by atoms with van der Waals surface area (Å²) in [6.07, 6.45) is 14.9. The molecule has 7 heteroatoms. The third-order valence-electron chi connectivity index (χ3n) is 20.3. The molecule has 322 valence electrons. The van der Waals surface area contributed by atoms with E-state index in [2.05, 4.69) is 70.7 Å². The molecule has 1 saturated heterocycles. The molecule has 1 aliphatic heterocycles. The van der Waals surface area contributed by atoms with Gasteiger partial charge in [0.25, 0.3) is 0 Å². The summed E-state index contributed by atoms with van der Waals surface area (Å²) in [7, 11) is 1.73. The summed E-state index contributed by atoms with van der Waals surface area (Å²) >= 11 is 0. The number of hydrogen-bond acceptors (Lipinski definition) is 6. The van der Waals surface area contributed by atoms with Crippen molar-refractivity contribution in [1.82, 2.24) is 0 Å². The minimum atomic E-state index is -1.48. The van der Waals surface area contributed by atoms with E-state index in [1.54, 1.807) is 7.11 Å². The first-order valence-electron chi connectivity index (χ1n) is 23.5. The average Bonchev–Trinajstić information content (AvgIpc) is 3.37. The number of methoxy groups -OCH3 is 1. The Morgan fingerprint density at radius 3 is 2.24 bits per heavy atom. The number of carboxylic acids is 1. The lowest BCUT2D eigenvalue weighted by molar-refractivity contribution is -0.357. The topological polar surface area (TPSA) is 116 Å². The molecule has 1 aromatic rings. The predicted octanol–water partition coefficient (Wildman–Crippen LogP) is 9.52. The van der Waals surface area contributed by atoms with Crippen LogP contribution in [0.5, 0.6) is 0 Å². The van der Waals surface area contributed by atoms with E-state index in [0.29, 0.717) is 25.4 Å². The molecule has 6 fully saturated rings. The van der Waals surface area contributed by atoms with Crippen molar-refractivity contribution in [2.24, 2.45) is 61.1 Å². The molecule has 0 radical (unpaired) electrons. The van der Waals surface area contributed by atoms with Gasteiger partial charge in [-0.2, -0.15) is 0 Å². The molecule has 4 bridgehead atoms. The number of rotatable bonds is 11. The van der Waals surface area contributed by atoms with E-state index in [4.69, 9.17) is 9.47 Å². The van der Waals surface area contributed by atoms with Crippen molar-refractivity contribution < 1.29 is 34.7 Å². The summed E-state index contributed by atoms with van der Waals surface area (Å²) in [4.78, 5) is 13.1. The van der Waals surface area contributed by atoms with E-state index in [-0.39, 0.29) is 47.2 Å². The van der Waals surface area contributed by atoms with Crippen LogP contribution in [0.1, 0.15) is 162 Å². The minimum absolute atomic E-state index is 0.0618. The second kappa shape index (κ2) is 14.6. The Morgan fingerprint density at radius 2 is 1.57 bits per heavy atom. The normalized spacial score (nSPS) is 49.1. The minimum Gasteiger partial charge on any atom is -0.481 e. The highest BCUT2D eigenvalue weighted by atomic mass is 16.6. The van der Waals surface area contributed by atoms with Gasteiger partial charge in [-0.3, -0.25) is 4.79 Å². The lowest BCUT2D eigenvalue weighted by Crippen LogP contribution is -2.80. The van der Waals surface area contributed by atoms with E-state index in [1.165, 1.54) is 5.56 Å². The second-order valence-corrected chi connectivity index (χ2v) is 22.1. The van der Waals surface area contributed by atoms with Crippen LogP contribution in [0.4, 0.5) is 0 Å². The van der Waals surface area contributed by atoms with Crippen molar-refractivity contribution in [3.05, 3.63) is 35.4 Å². The van der Waals surface area contributed by atoms with Crippen molar-refractivity contribution in [3.63, 3.8) is 0 Å². The molecule has 1 heterocycles. The molecule has 2 spiro atoms. The standard InChI is InChI=1S/C51H76O7/c1-8-11-35-13-10-20-48-28-29-49-38(12-9-2)51(56,58-41(49)31-37-16-14-36(15-17-37)19-30-57-7)33-40(53)50(49,34-52)46(48,6)26-27-47(21-18-35)39-32-44(4,42(54)55)23-22-43(39,3)24-25-45(47,48)5/h14-17,35,38-41,52-53,56H,8-9,11-13,18-19,21-34H2,1-7H3,(H,54,55)/t35-,38+,39?,40+,41+,43-,44+,45-,46-,47-,48+,49+,50-,51-/m0/s1. The molecule has 14 atom stereocenters. The highest BCUT2D eigenvalue weighted by Gasteiger charge is 2.87. The van der Waals surface area contributed by atoms with Gasteiger partial charge in [0.2, 0.25) is 0 Å². The number of fused-ring (bicyclic) bond motifs is 3. The Hall–Kier alpha value is -1.95. The monoisotopic (exact) mass is 801 g/mol. The third kappa shape index (κ3) is 5.39. The fourth-order valence-electron chi connectivity index (χ4n) is 17.2. The number of ether oxygens (including phenoxy) is 2. The Balaban J connectivity index is 1.32. The van der Waals surface area contributed by atoms with Gasteiger partial charge in [0, 0.05) is 42.1 Å². The Kier molecular flexibility index (Phi) is 10.7. The summed E-state index contributed by atoms with van der Waals surface area (Å²) in [6, 6.07) is 8.73. The van der Waals surface area contributed by atoms with E-state index >= 15 is 0 Å². The summed E-state index contributed by atoms with van der Waals surface area (Å²) < 4.78 is 12.4. The van der Waals surface area contributed by atoms with E-state index < -0.39 is 44.9 Å². The Morgan fingerprint density at radius 1 is 0.879 bits per heavy atom. The lowest BCUT2D eigenvalue weighted by atomic mass is 9.21. The molecule has 4 N–H and O–H groups in total.